The van der Waals surface area contributed by atoms with Gasteiger partial charge in [-0.25, -0.2) is 9.18 Å². The van der Waals surface area contributed by atoms with E-state index in [-0.39, 0.29) is 25.3 Å². The van der Waals surface area contributed by atoms with E-state index < -0.39 is 23.8 Å². The molecule has 2 heterocycles. The van der Waals surface area contributed by atoms with Gasteiger partial charge in [0, 0.05) is 31.3 Å². The van der Waals surface area contributed by atoms with Crippen molar-refractivity contribution in [1.82, 2.24) is 20.5 Å². The topological polar surface area (TPSA) is 91.4 Å². The van der Waals surface area contributed by atoms with Gasteiger partial charge in [0.05, 0.1) is 6.54 Å². The monoisotopic (exact) mass is 384 g/mol. The minimum Gasteiger partial charge on any atom is -0.356 e. The highest BCUT2D eigenvalue weighted by Gasteiger charge is 2.37. The lowest BCUT2D eigenvalue weighted by Crippen LogP contribution is -2.33. The molecule has 7 nitrogen and oxygen atoms in total. The van der Waals surface area contributed by atoms with Crippen LogP contribution in [0, 0.1) is 5.82 Å². The van der Waals surface area contributed by atoms with E-state index in [1.807, 2.05) is 18.2 Å². The highest BCUT2D eigenvalue weighted by molar-refractivity contribution is 6.04. The van der Waals surface area contributed by atoms with E-state index in [0.29, 0.717) is 18.5 Å². The first-order chi connectivity index (χ1) is 13.5. The number of nitrogens with zero attached hydrogens (tertiary/aromatic N) is 2. The predicted octanol–water partition coefficient (Wildman–Crippen LogP) is 1.78. The third-order valence-electron chi connectivity index (χ3n) is 4.43. The van der Waals surface area contributed by atoms with E-state index in [4.69, 9.17) is 0 Å². The molecule has 1 aromatic carbocycles. The van der Waals surface area contributed by atoms with Gasteiger partial charge in [0.15, 0.2) is 0 Å². The van der Waals surface area contributed by atoms with Crippen LogP contribution >= 0.6 is 0 Å². The van der Waals surface area contributed by atoms with E-state index in [1.54, 1.807) is 12.3 Å². The molecule has 1 atom stereocenters. The van der Waals surface area contributed by atoms with E-state index >= 15 is 0 Å². The number of urea groups is 1. The fraction of sp³-hybridized carbons (Fsp3) is 0.300. The molecule has 1 saturated heterocycles. The van der Waals surface area contributed by atoms with Crippen LogP contribution in [0.15, 0.2) is 48.7 Å². The highest BCUT2D eigenvalue weighted by Crippen LogP contribution is 2.15. The number of nitrogens with one attached hydrogen (secondary N) is 2. The Hall–Kier alpha value is -3.29. The first-order valence-corrected chi connectivity index (χ1v) is 9.06. The number of benzene rings is 1. The van der Waals surface area contributed by atoms with Gasteiger partial charge in [-0.2, -0.15) is 0 Å². The Morgan fingerprint density at radius 2 is 2.07 bits per heavy atom. The maximum absolute atomic E-state index is 13.3. The van der Waals surface area contributed by atoms with Gasteiger partial charge in [0.25, 0.3) is 5.91 Å². The summed E-state index contributed by atoms with van der Waals surface area (Å²) < 4.78 is 13.3. The SMILES string of the molecule is O=C(CC[C@H]1NC(=O)N(Cc2cccc(F)c2)C1=O)NCCc1ccccn1. The molecule has 28 heavy (non-hydrogen) atoms. The number of carbonyl (C=O) groups excluding carboxylic acids is 3. The minimum atomic E-state index is -0.748. The summed E-state index contributed by atoms with van der Waals surface area (Å²) in [5, 5.41) is 5.36. The number of rotatable bonds is 8. The van der Waals surface area contributed by atoms with Gasteiger partial charge in [-0.05, 0) is 36.2 Å². The Labute approximate surface area is 161 Å². The van der Waals surface area contributed by atoms with Crippen molar-refractivity contribution in [2.75, 3.05) is 6.54 Å². The van der Waals surface area contributed by atoms with Crippen LogP contribution in [0.2, 0.25) is 0 Å². The normalized spacial score (nSPS) is 16.2. The van der Waals surface area contributed by atoms with E-state index in [1.165, 1.54) is 18.2 Å². The third kappa shape index (κ3) is 5.12. The lowest BCUT2D eigenvalue weighted by Gasteiger charge is -2.13. The molecule has 146 valence electrons. The molecule has 1 fully saturated rings. The number of pyridine rings is 1. The first kappa shape index (κ1) is 19.5. The molecule has 0 unspecified atom stereocenters. The van der Waals surface area contributed by atoms with Crippen LogP contribution in [-0.4, -0.2) is 40.3 Å². The number of hydrogen-bond acceptors (Lipinski definition) is 4. The lowest BCUT2D eigenvalue weighted by molar-refractivity contribution is -0.128. The summed E-state index contributed by atoms with van der Waals surface area (Å²) in [6.07, 6.45) is 2.64. The summed E-state index contributed by atoms with van der Waals surface area (Å²) in [5.74, 6) is -1.03. The summed E-state index contributed by atoms with van der Waals surface area (Å²) in [6.45, 7) is 0.446. The van der Waals surface area contributed by atoms with Crippen LogP contribution in [0.5, 0.6) is 0 Å². The summed E-state index contributed by atoms with van der Waals surface area (Å²) in [6, 6.07) is 10.1. The molecule has 1 aliphatic heterocycles. The summed E-state index contributed by atoms with van der Waals surface area (Å²) in [7, 11) is 0. The zero-order valence-corrected chi connectivity index (χ0v) is 15.2. The van der Waals surface area contributed by atoms with Crippen molar-refractivity contribution in [2.45, 2.75) is 31.8 Å². The maximum atomic E-state index is 13.3. The summed E-state index contributed by atoms with van der Waals surface area (Å²) >= 11 is 0. The van der Waals surface area contributed by atoms with Gasteiger partial charge in [-0.1, -0.05) is 18.2 Å². The Morgan fingerprint density at radius 1 is 1.21 bits per heavy atom. The van der Waals surface area contributed by atoms with Crippen molar-refractivity contribution < 1.29 is 18.8 Å². The van der Waals surface area contributed by atoms with Crippen LogP contribution in [0.3, 0.4) is 0 Å². The standard InChI is InChI=1S/C20H21FN4O3/c21-15-5-3-4-14(12-15)13-25-19(27)17(24-20(25)28)7-8-18(26)23-11-9-16-6-1-2-10-22-16/h1-6,10,12,17H,7-9,11,13H2,(H,23,26)(H,24,28)/t17-/m1/s1. The molecule has 0 aliphatic carbocycles. The number of hydrogen-bond donors (Lipinski definition) is 2. The highest BCUT2D eigenvalue weighted by atomic mass is 19.1. The van der Waals surface area contributed by atoms with Crippen molar-refractivity contribution in [3.05, 3.63) is 65.7 Å². The van der Waals surface area contributed by atoms with E-state index in [2.05, 4.69) is 15.6 Å². The lowest BCUT2D eigenvalue weighted by atomic mass is 10.1. The Kier molecular flexibility index (Phi) is 6.31. The molecule has 1 aliphatic rings. The Bertz CT molecular complexity index is 860. The molecular weight excluding hydrogens is 363 g/mol. The largest absolute Gasteiger partial charge is 0.356 e. The molecule has 2 aromatic rings. The number of imide groups is 1. The summed E-state index contributed by atoms with van der Waals surface area (Å²) in [5.41, 5.74) is 1.41. The van der Waals surface area contributed by atoms with Crippen LogP contribution < -0.4 is 10.6 Å². The molecule has 0 spiro atoms. The van der Waals surface area contributed by atoms with Gasteiger partial charge < -0.3 is 10.6 Å². The molecule has 0 bridgehead atoms. The molecule has 1 aromatic heterocycles. The number of aromatic nitrogens is 1. The smallest absolute Gasteiger partial charge is 0.325 e. The average molecular weight is 384 g/mol. The van der Waals surface area contributed by atoms with Crippen LogP contribution in [-0.2, 0) is 22.6 Å². The number of amides is 4. The zero-order valence-electron chi connectivity index (χ0n) is 15.2. The van der Waals surface area contributed by atoms with Crippen molar-refractivity contribution >= 4 is 17.8 Å². The van der Waals surface area contributed by atoms with Gasteiger partial charge in [0.2, 0.25) is 5.91 Å². The first-order valence-electron chi connectivity index (χ1n) is 9.06. The van der Waals surface area contributed by atoms with Gasteiger partial charge in [-0.15, -0.1) is 0 Å². The number of halogens is 1. The molecule has 8 heteroatoms. The van der Waals surface area contributed by atoms with E-state index in [0.717, 1.165) is 10.6 Å². The predicted molar refractivity (Wildman–Crippen MR) is 99.5 cm³/mol. The van der Waals surface area contributed by atoms with Crippen LogP contribution in [0.25, 0.3) is 0 Å². The van der Waals surface area contributed by atoms with E-state index in [9.17, 15) is 18.8 Å². The zero-order chi connectivity index (χ0) is 19.9. The summed E-state index contributed by atoms with van der Waals surface area (Å²) in [4.78, 5) is 41.7. The molecule has 0 saturated carbocycles. The maximum Gasteiger partial charge on any atom is 0.325 e. The Balaban J connectivity index is 1.44. The second-order valence-electron chi connectivity index (χ2n) is 6.52. The average Bonchev–Trinajstić information content (AvgIpc) is 2.95. The second-order valence-corrected chi connectivity index (χ2v) is 6.52. The van der Waals surface area contributed by atoms with Gasteiger partial charge in [0.1, 0.15) is 11.9 Å². The molecular formula is C20H21FN4O3. The Morgan fingerprint density at radius 3 is 2.82 bits per heavy atom. The van der Waals surface area contributed by atoms with Gasteiger partial charge >= 0.3 is 6.03 Å². The van der Waals surface area contributed by atoms with Crippen LogP contribution in [0.4, 0.5) is 9.18 Å². The third-order valence-corrected chi connectivity index (χ3v) is 4.43. The fourth-order valence-corrected chi connectivity index (χ4v) is 2.98. The molecule has 2 N–H and O–H groups in total. The molecule has 0 radical (unpaired) electrons. The van der Waals surface area contributed by atoms with Crippen molar-refractivity contribution in [2.24, 2.45) is 0 Å². The van der Waals surface area contributed by atoms with Crippen LogP contribution in [0.1, 0.15) is 24.1 Å². The number of carbonyl (C=O) groups is 3. The quantitative estimate of drug-likeness (QED) is 0.679. The minimum absolute atomic E-state index is 0.00476. The molecule has 4 amide bonds. The van der Waals surface area contributed by atoms with Crippen molar-refractivity contribution in [3.8, 4) is 0 Å². The molecule has 3 rings (SSSR count). The van der Waals surface area contributed by atoms with Gasteiger partial charge in [-0.3, -0.25) is 19.5 Å². The second kappa shape index (κ2) is 9.07. The fourth-order valence-electron chi connectivity index (χ4n) is 2.98. The van der Waals surface area contributed by atoms with Crippen molar-refractivity contribution in [3.63, 3.8) is 0 Å². The van der Waals surface area contributed by atoms with Crippen molar-refractivity contribution in [1.29, 1.82) is 0 Å².